The molecule has 2 rings (SSSR count). The molecule has 0 aliphatic heterocycles. The molecule has 1 aromatic carbocycles. The number of aryl methyl sites for hydroxylation is 1. The Bertz CT molecular complexity index is 357. The summed E-state index contributed by atoms with van der Waals surface area (Å²) in [5, 5.41) is 0. The number of benzene rings is 1. The first-order chi connectivity index (χ1) is 6.24. The zero-order chi connectivity index (χ0) is 9.42. The summed E-state index contributed by atoms with van der Waals surface area (Å²) < 4.78 is 0. The van der Waals surface area contributed by atoms with Crippen LogP contribution in [0.25, 0.3) is 0 Å². The van der Waals surface area contributed by atoms with Gasteiger partial charge < -0.3 is 5.73 Å². The average Bonchev–Trinajstić information content (AvgIpc) is 2.43. The van der Waals surface area contributed by atoms with Gasteiger partial charge >= 0.3 is 0 Å². The molecular formula is C11H13NO. The molecule has 13 heavy (non-hydrogen) atoms. The van der Waals surface area contributed by atoms with Crippen LogP contribution in [0.5, 0.6) is 0 Å². The zero-order valence-electron chi connectivity index (χ0n) is 7.71. The van der Waals surface area contributed by atoms with Gasteiger partial charge in [0.1, 0.15) is 0 Å². The predicted molar refractivity (Wildman–Crippen MR) is 51.7 cm³/mol. The fourth-order valence-corrected chi connectivity index (χ4v) is 2.01. The molecule has 2 N–H and O–H groups in total. The van der Waals surface area contributed by atoms with Crippen LogP contribution in [0.15, 0.2) is 18.2 Å². The molecular weight excluding hydrogens is 162 g/mol. The van der Waals surface area contributed by atoms with E-state index in [-0.39, 0.29) is 11.8 Å². The number of nitrogens with two attached hydrogens (primary N) is 1. The maximum Gasteiger partial charge on any atom is 0.165 e. The van der Waals surface area contributed by atoms with E-state index in [1.807, 2.05) is 12.1 Å². The Kier molecular flexibility index (Phi) is 1.93. The van der Waals surface area contributed by atoms with Gasteiger partial charge in [0.2, 0.25) is 0 Å². The minimum atomic E-state index is -0.0707. The van der Waals surface area contributed by atoms with Gasteiger partial charge in [0.05, 0.1) is 0 Å². The van der Waals surface area contributed by atoms with E-state index in [9.17, 15) is 4.79 Å². The summed E-state index contributed by atoms with van der Waals surface area (Å²) in [5.74, 6) is 0.192. The molecule has 0 amide bonds. The van der Waals surface area contributed by atoms with E-state index in [0.29, 0.717) is 6.42 Å². The topological polar surface area (TPSA) is 43.1 Å². The molecule has 0 unspecified atom stereocenters. The Morgan fingerprint density at radius 1 is 1.54 bits per heavy atom. The average molecular weight is 175 g/mol. The fourth-order valence-electron chi connectivity index (χ4n) is 2.01. The lowest BCUT2D eigenvalue weighted by atomic mass is 9.99. The standard InChI is InChI=1S/C11H13NO/c1-2-7-4-3-5-8-10(13)6-9(12)11(7)8/h3-5,9H,2,6,12H2,1H3/t9-/m0/s1. The van der Waals surface area contributed by atoms with Gasteiger partial charge in [-0.15, -0.1) is 0 Å². The van der Waals surface area contributed by atoms with Crippen LogP contribution in [-0.2, 0) is 6.42 Å². The van der Waals surface area contributed by atoms with E-state index >= 15 is 0 Å². The molecule has 68 valence electrons. The van der Waals surface area contributed by atoms with Crippen molar-refractivity contribution in [2.75, 3.05) is 0 Å². The Morgan fingerprint density at radius 2 is 2.31 bits per heavy atom. The summed E-state index contributed by atoms with van der Waals surface area (Å²) >= 11 is 0. The molecule has 0 saturated heterocycles. The minimum absolute atomic E-state index is 0.0707. The van der Waals surface area contributed by atoms with Gasteiger partial charge in [0, 0.05) is 18.0 Å². The van der Waals surface area contributed by atoms with Crippen molar-refractivity contribution in [3.8, 4) is 0 Å². The number of rotatable bonds is 1. The quantitative estimate of drug-likeness (QED) is 0.707. The maximum absolute atomic E-state index is 11.5. The number of hydrogen-bond donors (Lipinski definition) is 1. The van der Waals surface area contributed by atoms with Gasteiger partial charge in [-0.1, -0.05) is 25.1 Å². The molecule has 1 atom stereocenters. The largest absolute Gasteiger partial charge is 0.324 e. The van der Waals surface area contributed by atoms with Crippen molar-refractivity contribution < 1.29 is 4.79 Å². The zero-order valence-corrected chi connectivity index (χ0v) is 7.71. The lowest BCUT2D eigenvalue weighted by Crippen LogP contribution is -2.08. The maximum atomic E-state index is 11.5. The molecule has 1 aliphatic carbocycles. The molecule has 0 saturated carbocycles. The van der Waals surface area contributed by atoms with Crippen LogP contribution in [0, 0.1) is 0 Å². The molecule has 0 radical (unpaired) electrons. The fraction of sp³-hybridized carbons (Fsp3) is 0.364. The SMILES string of the molecule is CCc1cccc2c1[C@@H](N)CC2=O. The van der Waals surface area contributed by atoms with Crippen LogP contribution in [0.1, 0.15) is 40.9 Å². The van der Waals surface area contributed by atoms with Gasteiger partial charge in [0.25, 0.3) is 0 Å². The molecule has 0 bridgehead atoms. The Labute approximate surface area is 77.8 Å². The first-order valence-electron chi connectivity index (χ1n) is 4.64. The van der Waals surface area contributed by atoms with Gasteiger partial charge in [-0.25, -0.2) is 0 Å². The predicted octanol–water partition coefficient (Wildman–Crippen LogP) is 1.84. The van der Waals surface area contributed by atoms with E-state index in [1.54, 1.807) is 0 Å². The van der Waals surface area contributed by atoms with Crippen molar-refractivity contribution in [3.63, 3.8) is 0 Å². The van der Waals surface area contributed by atoms with Crippen molar-refractivity contribution >= 4 is 5.78 Å². The highest BCUT2D eigenvalue weighted by Crippen LogP contribution is 2.32. The van der Waals surface area contributed by atoms with E-state index in [4.69, 9.17) is 5.73 Å². The third-order valence-electron chi connectivity index (χ3n) is 2.65. The molecule has 1 aliphatic rings. The minimum Gasteiger partial charge on any atom is -0.324 e. The first-order valence-corrected chi connectivity index (χ1v) is 4.64. The highest BCUT2D eigenvalue weighted by molar-refractivity contribution is 6.01. The molecule has 2 nitrogen and oxygen atoms in total. The van der Waals surface area contributed by atoms with Crippen molar-refractivity contribution in [2.45, 2.75) is 25.8 Å². The van der Waals surface area contributed by atoms with Crippen LogP contribution < -0.4 is 5.73 Å². The summed E-state index contributed by atoms with van der Waals surface area (Å²) in [6, 6.07) is 5.80. The van der Waals surface area contributed by atoms with Gasteiger partial charge in [-0.05, 0) is 17.5 Å². The second-order valence-electron chi connectivity index (χ2n) is 3.47. The summed E-state index contributed by atoms with van der Waals surface area (Å²) in [4.78, 5) is 11.5. The second kappa shape index (κ2) is 2.96. The Hall–Kier alpha value is -1.15. The van der Waals surface area contributed by atoms with Crippen molar-refractivity contribution in [1.82, 2.24) is 0 Å². The highest BCUT2D eigenvalue weighted by atomic mass is 16.1. The summed E-state index contributed by atoms with van der Waals surface area (Å²) in [6.07, 6.45) is 1.43. The number of fused-ring (bicyclic) bond motifs is 1. The third-order valence-corrected chi connectivity index (χ3v) is 2.65. The van der Waals surface area contributed by atoms with E-state index in [2.05, 4.69) is 13.0 Å². The summed E-state index contributed by atoms with van der Waals surface area (Å²) in [7, 11) is 0. The number of ketones is 1. The number of hydrogen-bond acceptors (Lipinski definition) is 2. The van der Waals surface area contributed by atoms with Gasteiger partial charge in [-0.2, -0.15) is 0 Å². The van der Waals surface area contributed by atoms with Crippen LogP contribution in [0.2, 0.25) is 0 Å². The van der Waals surface area contributed by atoms with Crippen LogP contribution in [0.4, 0.5) is 0 Å². The van der Waals surface area contributed by atoms with Crippen LogP contribution in [-0.4, -0.2) is 5.78 Å². The van der Waals surface area contributed by atoms with Crippen LogP contribution in [0.3, 0.4) is 0 Å². The molecule has 1 aromatic rings. The lowest BCUT2D eigenvalue weighted by molar-refractivity contribution is 0.0989. The molecule has 0 spiro atoms. The summed E-state index contributed by atoms with van der Waals surface area (Å²) in [6.45, 7) is 2.09. The van der Waals surface area contributed by atoms with Crippen molar-refractivity contribution in [1.29, 1.82) is 0 Å². The Morgan fingerprint density at radius 3 is 3.00 bits per heavy atom. The third kappa shape index (κ3) is 1.18. The normalized spacial score (nSPS) is 20.5. The van der Waals surface area contributed by atoms with Gasteiger partial charge in [-0.3, -0.25) is 4.79 Å². The van der Waals surface area contributed by atoms with E-state index in [1.165, 1.54) is 5.56 Å². The summed E-state index contributed by atoms with van der Waals surface area (Å²) in [5.41, 5.74) is 9.03. The molecule has 2 heteroatoms. The highest BCUT2D eigenvalue weighted by Gasteiger charge is 2.27. The lowest BCUT2D eigenvalue weighted by Gasteiger charge is -2.08. The monoisotopic (exact) mass is 175 g/mol. The molecule has 0 heterocycles. The molecule has 0 fully saturated rings. The smallest absolute Gasteiger partial charge is 0.165 e. The first kappa shape index (κ1) is 8.45. The van der Waals surface area contributed by atoms with Gasteiger partial charge in [0.15, 0.2) is 5.78 Å². The molecule has 0 aromatic heterocycles. The number of Topliss-reactive ketones (excluding diaryl/α,β-unsaturated/α-hetero) is 1. The van der Waals surface area contributed by atoms with Crippen molar-refractivity contribution in [2.24, 2.45) is 5.73 Å². The number of carbonyl (C=O) groups is 1. The van der Waals surface area contributed by atoms with E-state index in [0.717, 1.165) is 17.5 Å². The Balaban J connectivity index is 2.62. The van der Waals surface area contributed by atoms with Crippen LogP contribution >= 0.6 is 0 Å². The van der Waals surface area contributed by atoms with Crippen molar-refractivity contribution in [3.05, 3.63) is 34.9 Å². The second-order valence-corrected chi connectivity index (χ2v) is 3.47. The van der Waals surface area contributed by atoms with E-state index < -0.39 is 0 Å². The number of carbonyl (C=O) groups excluding carboxylic acids is 1.